The molecule has 0 amide bonds. The Kier molecular flexibility index (Phi) is 4.80. The second-order valence-electron chi connectivity index (χ2n) is 4.14. The minimum atomic E-state index is 0.290. The highest BCUT2D eigenvalue weighted by Gasteiger charge is 2.08. The summed E-state index contributed by atoms with van der Waals surface area (Å²) in [6.07, 6.45) is 3.20. The molecule has 0 radical (unpaired) electrons. The average molecular weight is 342 g/mol. The third kappa shape index (κ3) is 3.69. The Morgan fingerprint density at radius 3 is 2.74 bits per heavy atom. The summed E-state index contributed by atoms with van der Waals surface area (Å²) >= 11 is 9.39. The van der Waals surface area contributed by atoms with E-state index in [2.05, 4.69) is 33.2 Å². The van der Waals surface area contributed by atoms with E-state index < -0.39 is 0 Å². The Morgan fingerprint density at radius 2 is 2.11 bits per heavy atom. The molecular formula is C14H14BrClN2O. The summed E-state index contributed by atoms with van der Waals surface area (Å²) in [4.78, 5) is 3.99. The van der Waals surface area contributed by atoms with Crippen LogP contribution in [0.1, 0.15) is 18.5 Å². The lowest BCUT2D eigenvalue weighted by Gasteiger charge is -2.13. The first-order valence-corrected chi connectivity index (χ1v) is 7.02. The van der Waals surface area contributed by atoms with Crippen LogP contribution in [0.5, 0.6) is 11.5 Å². The molecule has 1 unspecified atom stereocenters. The van der Waals surface area contributed by atoms with Gasteiger partial charge in [0.15, 0.2) is 0 Å². The average Bonchev–Trinajstić information content (AvgIpc) is 2.40. The molecule has 0 aliphatic rings. The topological polar surface area (TPSA) is 34.1 Å². The van der Waals surface area contributed by atoms with Crippen LogP contribution in [-0.4, -0.2) is 12.0 Å². The van der Waals surface area contributed by atoms with Crippen molar-refractivity contribution in [1.29, 1.82) is 0 Å². The Morgan fingerprint density at radius 1 is 1.32 bits per heavy atom. The van der Waals surface area contributed by atoms with Crippen molar-refractivity contribution in [2.75, 3.05) is 7.05 Å². The van der Waals surface area contributed by atoms with E-state index in [9.17, 15) is 0 Å². The summed E-state index contributed by atoms with van der Waals surface area (Å²) in [5.74, 6) is 1.35. The number of hydrogen-bond donors (Lipinski definition) is 1. The van der Waals surface area contributed by atoms with Crippen LogP contribution in [0.15, 0.2) is 41.1 Å². The standard InChI is InChI=1S/C14H14BrClN2O/c1-9(17-2)10-3-4-14(13(15)5-10)19-12-6-11(16)7-18-8-12/h3-9,17H,1-2H3. The predicted molar refractivity (Wildman–Crippen MR) is 80.9 cm³/mol. The predicted octanol–water partition coefficient (Wildman–Crippen LogP) is 4.57. The SMILES string of the molecule is CNC(C)c1ccc(Oc2cncc(Cl)c2)c(Br)c1. The first kappa shape index (κ1) is 14.3. The van der Waals surface area contributed by atoms with Crippen molar-refractivity contribution in [1.82, 2.24) is 10.3 Å². The van der Waals surface area contributed by atoms with E-state index in [1.807, 2.05) is 25.2 Å². The second-order valence-corrected chi connectivity index (χ2v) is 5.43. The number of hydrogen-bond acceptors (Lipinski definition) is 3. The van der Waals surface area contributed by atoms with Gasteiger partial charge in [-0.2, -0.15) is 0 Å². The van der Waals surface area contributed by atoms with Gasteiger partial charge >= 0.3 is 0 Å². The Labute approximate surface area is 126 Å². The Bertz CT molecular complexity index is 577. The van der Waals surface area contributed by atoms with Crippen LogP contribution in [0.4, 0.5) is 0 Å². The highest BCUT2D eigenvalue weighted by molar-refractivity contribution is 9.10. The fourth-order valence-electron chi connectivity index (χ4n) is 1.61. The van der Waals surface area contributed by atoms with Gasteiger partial charge in [0.2, 0.25) is 0 Å². The second kappa shape index (κ2) is 6.37. The molecule has 100 valence electrons. The van der Waals surface area contributed by atoms with Crippen molar-refractivity contribution in [3.05, 3.63) is 51.7 Å². The molecule has 1 atom stereocenters. The largest absolute Gasteiger partial charge is 0.455 e. The number of nitrogens with one attached hydrogen (secondary N) is 1. The summed E-state index contributed by atoms with van der Waals surface area (Å²) in [7, 11) is 1.93. The highest BCUT2D eigenvalue weighted by Crippen LogP contribution is 2.32. The molecule has 1 N–H and O–H groups in total. The lowest BCUT2D eigenvalue weighted by Crippen LogP contribution is -2.12. The van der Waals surface area contributed by atoms with Gasteiger partial charge in [-0.3, -0.25) is 4.98 Å². The fraction of sp³-hybridized carbons (Fsp3) is 0.214. The van der Waals surface area contributed by atoms with Gasteiger partial charge in [-0.15, -0.1) is 0 Å². The monoisotopic (exact) mass is 340 g/mol. The van der Waals surface area contributed by atoms with Crippen molar-refractivity contribution in [2.45, 2.75) is 13.0 Å². The molecule has 0 bridgehead atoms. The zero-order chi connectivity index (χ0) is 13.8. The Balaban J connectivity index is 2.22. The van der Waals surface area contributed by atoms with Crippen LogP contribution >= 0.6 is 27.5 Å². The van der Waals surface area contributed by atoms with E-state index in [0.29, 0.717) is 10.8 Å². The normalized spacial score (nSPS) is 12.2. The maximum Gasteiger partial charge on any atom is 0.147 e. The van der Waals surface area contributed by atoms with Crippen LogP contribution in [0, 0.1) is 0 Å². The van der Waals surface area contributed by atoms with E-state index in [4.69, 9.17) is 16.3 Å². The van der Waals surface area contributed by atoms with Crippen molar-refractivity contribution in [3.8, 4) is 11.5 Å². The molecule has 0 saturated carbocycles. The van der Waals surface area contributed by atoms with Gasteiger partial charge in [0.05, 0.1) is 15.7 Å². The molecule has 2 rings (SSSR count). The number of rotatable bonds is 4. The van der Waals surface area contributed by atoms with Crippen molar-refractivity contribution in [3.63, 3.8) is 0 Å². The maximum absolute atomic E-state index is 5.87. The minimum absolute atomic E-state index is 0.290. The third-order valence-electron chi connectivity index (χ3n) is 2.80. The number of pyridine rings is 1. The minimum Gasteiger partial charge on any atom is -0.455 e. The molecule has 1 aromatic heterocycles. The molecule has 0 fully saturated rings. The highest BCUT2D eigenvalue weighted by atomic mass is 79.9. The smallest absolute Gasteiger partial charge is 0.147 e. The first-order chi connectivity index (χ1) is 9.10. The number of benzene rings is 1. The fourth-order valence-corrected chi connectivity index (χ4v) is 2.25. The molecule has 0 aliphatic carbocycles. The number of halogens is 2. The van der Waals surface area contributed by atoms with Crippen molar-refractivity contribution in [2.24, 2.45) is 0 Å². The Hall–Kier alpha value is -1.10. The summed E-state index contributed by atoms with van der Waals surface area (Å²) in [6.45, 7) is 2.10. The van der Waals surface area contributed by atoms with Gasteiger partial charge in [-0.05, 0) is 47.6 Å². The third-order valence-corrected chi connectivity index (χ3v) is 3.62. The quantitative estimate of drug-likeness (QED) is 0.884. The van der Waals surface area contributed by atoms with Gasteiger partial charge < -0.3 is 10.1 Å². The lowest BCUT2D eigenvalue weighted by molar-refractivity contribution is 0.476. The van der Waals surface area contributed by atoms with Crippen molar-refractivity contribution < 1.29 is 4.74 Å². The number of ether oxygens (including phenoxy) is 1. The van der Waals surface area contributed by atoms with Crippen LogP contribution in [0.3, 0.4) is 0 Å². The molecule has 1 aromatic carbocycles. The van der Waals surface area contributed by atoms with Gasteiger partial charge in [0, 0.05) is 18.3 Å². The first-order valence-electron chi connectivity index (χ1n) is 5.85. The van der Waals surface area contributed by atoms with E-state index in [-0.39, 0.29) is 6.04 Å². The molecule has 0 spiro atoms. The number of aromatic nitrogens is 1. The molecule has 2 aromatic rings. The summed E-state index contributed by atoms with van der Waals surface area (Å²) < 4.78 is 6.64. The molecule has 1 heterocycles. The molecule has 3 nitrogen and oxygen atoms in total. The van der Waals surface area contributed by atoms with Gasteiger partial charge in [-0.25, -0.2) is 0 Å². The van der Waals surface area contributed by atoms with Crippen LogP contribution in [-0.2, 0) is 0 Å². The van der Waals surface area contributed by atoms with Crippen LogP contribution < -0.4 is 10.1 Å². The van der Waals surface area contributed by atoms with Crippen molar-refractivity contribution >= 4 is 27.5 Å². The van der Waals surface area contributed by atoms with E-state index in [1.54, 1.807) is 18.5 Å². The van der Waals surface area contributed by atoms with Gasteiger partial charge in [-0.1, -0.05) is 17.7 Å². The van der Waals surface area contributed by atoms with E-state index in [0.717, 1.165) is 10.2 Å². The molecule has 0 saturated heterocycles. The van der Waals surface area contributed by atoms with Gasteiger partial charge in [0.25, 0.3) is 0 Å². The van der Waals surface area contributed by atoms with E-state index in [1.165, 1.54) is 5.56 Å². The van der Waals surface area contributed by atoms with E-state index >= 15 is 0 Å². The van der Waals surface area contributed by atoms with Crippen LogP contribution in [0.25, 0.3) is 0 Å². The zero-order valence-electron chi connectivity index (χ0n) is 10.7. The molecule has 19 heavy (non-hydrogen) atoms. The summed E-state index contributed by atoms with van der Waals surface area (Å²) in [5, 5.41) is 3.75. The lowest BCUT2D eigenvalue weighted by atomic mass is 10.1. The summed E-state index contributed by atoms with van der Waals surface area (Å²) in [5.41, 5.74) is 1.19. The molecule has 0 aliphatic heterocycles. The number of nitrogens with zero attached hydrogens (tertiary/aromatic N) is 1. The molecule has 5 heteroatoms. The molecular weight excluding hydrogens is 328 g/mol. The van der Waals surface area contributed by atoms with Crippen LogP contribution in [0.2, 0.25) is 5.02 Å². The van der Waals surface area contributed by atoms with Gasteiger partial charge in [0.1, 0.15) is 11.5 Å². The summed E-state index contributed by atoms with van der Waals surface area (Å²) in [6, 6.07) is 8.01. The zero-order valence-corrected chi connectivity index (χ0v) is 13.0. The maximum atomic E-state index is 5.87.